The first-order valence-corrected chi connectivity index (χ1v) is 4.91. The second-order valence-electron chi connectivity index (χ2n) is 3.46. The quantitative estimate of drug-likeness (QED) is 0.597. The number of rotatable bonds is 4. The third kappa shape index (κ3) is 2.02. The summed E-state index contributed by atoms with van der Waals surface area (Å²) in [7, 11) is 1.42. The van der Waals surface area contributed by atoms with Crippen LogP contribution in [0.25, 0.3) is 11.1 Å². The van der Waals surface area contributed by atoms with Crippen LogP contribution in [0.15, 0.2) is 29.0 Å². The molecule has 1 heterocycles. The van der Waals surface area contributed by atoms with E-state index in [4.69, 9.17) is 9.52 Å². The highest BCUT2D eigenvalue weighted by Crippen LogP contribution is 2.15. The van der Waals surface area contributed by atoms with Crippen molar-refractivity contribution in [3.63, 3.8) is 0 Å². The van der Waals surface area contributed by atoms with Crippen LogP contribution in [0.5, 0.6) is 0 Å². The van der Waals surface area contributed by atoms with Crippen molar-refractivity contribution in [1.29, 1.82) is 0 Å². The minimum atomic E-state index is -1.25. The van der Waals surface area contributed by atoms with Gasteiger partial charge in [-0.05, 0) is 25.2 Å². The Balaban J connectivity index is 2.38. The number of aliphatic carboxylic acids is 1. The molecule has 2 aromatic rings. The molecule has 17 heavy (non-hydrogen) atoms. The number of nitrogens with zero attached hydrogens (tertiary/aromatic N) is 1. The smallest absolute Gasteiger partial charge is 0.328 e. The normalized spacial score (nSPS) is 12.5. The van der Waals surface area contributed by atoms with Crippen LogP contribution in [0.4, 0.5) is 0 Å². The number of likely N-dealkylation sites (N-methyl/N-ethyl adjacent to an activating group) is 1. The Morgan fingerprint density at radius 1 is 1.47 bits per heavy atom. The summed E-state index contributed by atoms with van der Waals surface area (Å²) in [5.74, 6) is -1.73. The first-order valence-electron chi connectivity index (χ1n) is 4.91. The topological polar surface area (TPSA) is 92.4 Å². The molecule has 0 aliphatic heterocycles. The molecule has 0 aliphatic carbocycles. The summed E-state index contributed by atoms with van der Waals surface area (Å²) in [5.41, 5.74) is 1.35. The van der Waals surface area contributed by atoms with Crippen molar-refractivity contribution in [2.24, 2.45) is 0 Å². The lowest BCUT2D eigenvalue weighted by Gasteiger charge is -2.09. The zero-order chi connectivity index (χ0) is 12.4. The first kappa shape index (κ1) is 11.3. The van der Waals surface area contributed by atoms with Gasteiger partial charge in [-0.2, -0.15) is 0 Å². The van der Waals surface area contributed by atoms with Gasteiger partial charge in [-0.25, -0.2) is 4.98 Å². The molecular weight excluding hydrogens is 224 g/mol. The molecule has 1 atom stereocenters. The Morgan fingerprint density at radius 3 is 2.88 bits per heavy atom. The van der Waals surface area contributed by atoms with Gasteiger partial charge in [0.05, 0.1) is 0 Å². The summed E-state index contributed by atoms with van der Waals surface area (Å²) >= 11 is 0. The monoisotopic (exact) mass is 234 g/mol. The maximum Gasteiger partial charge on any atom is 0.328 e. The Labute approximate surface area is 96.3 Å². The SMILES string of the molecule is CNC(C(=O)O)C(=O)c1ccc2ncoc2c1. The van der Waals surface area contributed by atoms with Crippen molar-refractivity contribution in [3.05, 3.63) is 30.2 Å². The summed E-state index contributed by atoms with van der Waals surface area (Å²) < 4.78 is 5.05. The van der Waals surface area contributed by atoms with Gasteiger partial charge in [0.25, 0.3) is 0 Å². The number of hydrogen-bond acceptors (Lipinski definition) is 5. The van der Waals surface area contributed by atoms with Gasteiger partial charge in [-0.3, -0.25) is 9.59 Å². The fourth-order valence-corrected chi connectivity index (χ4v) is 1.54. The van der Waals surface area contributed by atoms with Crippen LogP contribution >= 0.6 is 0 Å². The van der Waals surface area contributed by atoms with Gasteiger partial charge in [0.1, 0.15) is 5.52 Å². The number of carboxylic acid groups (broad SMARTS) is 1. The average molecular weight is 234 g/mol. The van der Waals surface area contributed by atoms with Crippen LogP contribution in [0, 0.1) is 0 Å². The van der Waals surface area contributed by atoms with Gasteiger partial charge < -0.3 is 14.8 Å². The zero-order valence-corrected chi connectivity index (χ0v) is 9.01. The van der Waals surface area contributed by atoms with Gasteiger partial charge in [0.15, 0.2) is 23.8 Å². The van der Waals surface area contributed by atoms with E-state index in [1.165, 1.54) is 25.6 Å². The number of oxazole rings is 1. The van der Waals surface area contributed by atoms with E-state index in [0.29, 0.717) is 11.1 Å². The number of carbonyl (C=O) groups is 2. The van der Waals surface area contributed by atoms with E-state index in [1.54, 1.807) is 6.07 Å². The highest BCUT2D eigenvalue weighted by Gasteiger charge is 2.25. The number of fused-ring (bicyclic) bond motifs is 1. The molecule has 1 unspecified atom stereocenters. The Bertz CT molecular complexity index is 576. The molecule has 0 aliphatic rings. The number of nitrogens with one attached hydrogen (secondary N) is 1. The van der Waals surface area contributed by atoms with E-state index in [2.05, 4.69) is 10.3 Å². The number of hydrogen-bond donors (Lipinski definition) is 2. The zero-order valence-electron chi connectivity index (χ0n) is 9.01. The predicted molar refractivity (Wildman–Crippen MR) is 58.8 cm³/mol. The maximum absolute atomic E-state index is 11.9. The van der Waals surface area contributed by atoms with Crippen molar-refractivity contribution in [2.45, 2.75) is 6.04 Å². The molecule has 1 aromatic carbocycles. The minimum Gasteiger partial charge on any atom is -0.480 e. The van der Waals surface area contributed by atoms with Gasteiger partial charge in [0, 0.05) is 5.56 Å². The average Bonchev–Trinajstić information content (AvgIpc) is 2.75. The van der Waals surface area contributed by atoms with Crippen LogP contribution < -0.4 is 5.32 Å². The molecule has 6 heteroatoms. The van der Waals surface area contributed by atoms with Crippen LogP contribution in [0.1, 0.15) is 10.4 Å². The van der Waals surface area contributed by atoms with E-state index in [1.807, 2.05) is 0 Å². The molecule has 0 saturated carbocycles. The number of benzene rings is 1. The molecule has 6 nitrogen and oxygen atoms in total. The number of ketones is 1. The standard InChI is InChI=1S/C11H10N2O4/c1-12-9(11(15)16)10(14)6-2-3-7-8(4-6)17-5-13-7/h2-5,9,12H,1H3,(H,15,16). The molecular formula is C11H10N2O4. The third-order valence-electron chi connectivity index (χ3n) is 2.41. The minimum absolute atomic E-state index is 0.274. The Kier molecular flexibility index (Phi) is 2.88. The molecule has 0 amide bonds. The number of Topliss-reactive ketones (excluding diaryl/α,β-unsaturated/α-hetero) is 1. The second kappa shape index (κ2) is 4.34. The van der Waals surface area contributed by atoms with Crippen molar-refractivity contribution in [1.82, 2.24) is 10.3 Å². The summed E-state index contributed by atoms with van der Waals surface area (Å²) in [6.45, 7) is 0. The van der Waals surface area contributed by atoms with E-state index >= 15 is 0 Å². The number of aromatic nitrogens is 1. The van der Waals surface area contributed by atoms with Crippen molar-refractivity contribution in [2.75, 3.05) is 7.05 Å². The maximum atomic E-state index is 11.9. The van der Waals surface area contributed by atoms with Crippen LogP contribution in [-0.2, 0) is 4.79 Å². The molecule has 0 fully saturated rings. The first-order chi connectivity index (χ1) is 8.13. The van der Waals surface area contributed by atoms with Crippen molar-refractivity contribution >= 4 is 22.9 Å². The highest BCUT2D eigenvalue weighted by atomic mass is 16.4. The van der Waals surface area contributed by atoms with E-state index in [9.17, 15) is 9.59 Å². The predicted octanol–water partition coefficient (Wildman–Crippen LogP) is 0.683. The van der Waals surface area contributed by atoms with Crippen molar-refractivity contribution in [3.8, 4) is 0 Å². The largest absolute Gasteiger partial charge is 0.480 e. The van der Waals surface area contributed by atoms with Gasteiger partial charge in [-0.15, -0.1) is 0 Å². The molecule has 88 valence electrons. The summed E-state index contributed by atoms with van der Waals surface area (Å²) in [6, 6.07) is 3.37. The van der Waals surface area contributed by atoms with Gasteiger partial charge >= 0.3 is 5.97 Å². The highest BCUT2D eigenvalue weighted by molar-refractivity contribution is 6.12. The lowest BCUT2D eigenvalue weighted by Crippen LogP contribution is -2.41. The second-order valence-corrected chi connectivity index (χ2v) is 3.46. The molecule has 1 aromatic heterocycles. The lowest BCUT2D eigenvalue weighted by molar-refractivity contribution is -0.137. The van der Waals surface area contributed by atoms with Gasteiger partial charge in [0.2, 0.25) is 0 Å². The number of carboxylic acids is 1. The fourth-order valence-electron chi connectivity index (χ4n) is 1.54. The third-order valence-corrected chi connectivity index (χ3v) is 2.41. The fraction of sp³-hybridized carbons (Fsp3) is 0.182. The molecule has 0 radical (unpaired) electrons. The van der Waals surface area contributed by atoms with Crippen LogP contribution in [0.2, 0.25) is 0 Å². The molecule has 2 N–H and O–H groups in total. The lowest BCUT2D eigenvalue weighted by atomic mass is 10.0. The molecule has 0 bridgehead atoms. The van der Waals surface area contributed by atoms with Crippen LogP contribution in [-0.4, -0.2) is 34.9 Å². The summed E-state index contributed by atoms with van der Waals surface area (Å²) in [6.07, 6.45) is 1.27. The Morgan fingerprint density at radius 2 is 2.24 bits per heavy atom. The summed E-state index contributed by atoms with van der Waals surface area (Å²) in [4.78, 5) is 26.6. The van der Waals surface area contributed by atoms with E-state index in [0.717, 1.165) is 0 Å². The number of carbonyl (C=O) groups excluding carboxylic acids is 1. The van der Waals surface area contributed by atoms with Crippen LogP contribution in [0.3, 0.4) is 0 Å². The molecule has 2 rings (SSSR count). The van der Waals surface area contributed by atoms with E-state index < -0.39 is 17.8 Å². The Hall–Kier alpha value is -2.21. The van der Waals surface area contributed by atoms with E-state index in [-0.39, 0.29) is 5.56 Å². The summed E-state index contributed by atoms with van der Waals surface area (Å²) in [5, 5.41) is 11.3. The van der Waals surface area contributed by atoms with Crippen molar-refractivity contribution < 1.29 is 19.1 Å². The molecule has 0 saturated heterocycles. The van der Waals surface area contributed by atoms with Gasteiger partial charge in [-0.1, -0.05) is 0 Å². The molecule has 0 spiro atoms.